The molecular formula is C20H32N2O3. The Labute approximate surface area is 151 Å². The summed E-state index contributed by atoms with van der Waals surface area (Å²) < 4.78 is 10.8. The fourth-order valence-corrected chi connectivity index (χ4v) is 2.99. The van der Waals surface area contributed by atoms with Gasteiger partial charge in [-0.1, -0.05) is 26.0 Å². The van der Waals surface area contributed by atoms with Crippen LogP contribution in [-0.2, 0) is 27.4 Å². The van der Waals surface area contributed by atoms with E-state index in [1.807, 2.05) is 19.1 Å². The minimum absolute atomic E-state index is 0.0741. The predicted octanol–water partition coefficient (Wildman–Crippen LogP) is 3.43. The third kappa shape index (κ3) is 6.10. The largest absolute Gasteiger partial charge is 0.385 e. The Hall–Kier alpha value is -1.43. The molecule has 140 valence electrons. The number of carbonyl (C=O) groups excluding carboxylic acids is 1. The van der Waals surface area contributed by atoms with Crippen LogP contribution in [-0.4, -0.2) is 43.8 Å². The third-order valence-corrected chi connectivity index (χ3v) is 4.56. The molecule has 1 N–H and O–H groups in total. The van der Waals surface area contributed by atoms with Crippen LogP contribution < -0.4 is 5.32 Å². The molecule has 1 atom stereocenters. The zero-order valence-corrected chi connectivity index (χ0v) is 16.0. The van der Waals surface area contributed by atoms with E-state index in [0.717, 1.165) is 44.8 Å². The van der Waals surface area contributed by atoms with Crippen LogP contribution in [0.4, 0.5) is 5.69 Å². The molecule has 0 bridgehead atoms. The molecule has 1 aromatic rings. The first-order valence-corrected chi connectivity index (χ1v) is 9.25. The van der Waals surface area contributed by atoms with Gasteiger partial charge in [-0.05, 0) is 42.9 Å². The number of hydrogen-bond donors (Lipinski definition) is 1. The van der Waals surface area contributed by atoms with E-state index >= 15 is 0 Å². The first-order chi connectivity index (χ1) is 12.0. The second kappa shape index (κ2) is 9.90. The molecule has 0 aliphatic carbocycles. The summed E-state index contributed by atoms with van der Waals surface area (Å²) in [6, 6.07) is 6.14. The molecule has 2 rings (SSSR count). The molecule has 5 nitrogen and oxygen atoms in total. The van der Waals surface area contributed by atoms with Crippen LogP contribution in [0, 0.1) is 5.92 Å². The van der Waals surface area contributed by atoms with Crippen LogP contribution in [0.1, 0.15) is 44.7 Å². The molecule has 0 aromatic heterocycles. The van der Waals surface area contributed by atoms with Crippen LogP contribution >= 0.6 is 0 Å². The molecule has 0 saturated carbocycles. The molecule has 0 radical (unpaired) electrons. The molecule has 1 heterocycles. The van der Waals surface area contributed by atoms with Crippen LogP contribution in [0.2, 0.25) is 0 Å². The summed E-state index contributed by atoms with van der Waals surface area (Å²) in [7, 11) is 1.73. The average molecular weight is 348 g/mol. The number of nitrogens with one attached hydrogen (secondary N) is 1. The maximum absolute atomic E-state index is 12.4. The van der Waals surface area contributed by atoms with Crippen LogP contribution in [0.3, 0.4) is 0 Å². The maximum atomic E-state index is 12.4. The highest BCUT2D eigenvalue weighted by atomic mass is 16.5. The quantitative estimate of drug-likeness (QED) is 0.658. The van der Waals surface area contributed by atoms with Gasteiger partial charge >= 0.3 is 0 Å². The highest BCUT2D eigenvalue weighted by Gasteiger charge is 2.23. The van der Waals surface area contributed by atoms with Crippen molar-refractivity contribution >= 4 is 11.6 Å². The third-order valence-electron chi connectivity index (χ3n) is 4.56. The molecular weight excluding hydrogens is 316 g/mol. The van der Waals surface area contributed by atoms with E-state index in [0.29, 0.717) is 12.5 Å². The lowest BCUT2D eigenvalue weighted by atomic mass is 10.1. The SMILES string of the molecule is COCCCN1Cc2cccc(NC(=O)C(C)OCCC(C)C)c2C1. The summed E-state index contributed by atoms with van der Waals surface area (Å²) in [6.07, 6.45) is 1.55. The molecule has 0 spiro atoms. The smallest absolute Gasteiger partial charge is 0.253 e. The first kappa shape index (κ1) is 19.9. The zero-order valence-electron chi connectivity index (χ0n) is 16.0. The Kier molecular flexibility index (Phi) is 7.88. The van der Waals surface area contributed by atoms with Crippen molar-refractivity contribution < 1.29 is 14.3 Å². The van der Waals surface area contributed by atoms with E-state index in [1.54, 1.807) is 7.11 Å². The lowest BCUT2D eigenvalue weighted by molar-refractivity contribution is -0.126. The van der Waals surface area contributed by atoms with Crippen LogP contribution in [0.15, 0.2) is 18.2 Å². The number of nitrogens with zero attached hydrogens (tertiary/aromatic N) is 1. The van der Waals surface area contributed by atoms with Gasteiger partial charge in [0.05, 0.1) is 0 Å². The monoisotopic (exact) mass is 348 g/mol. The van der Waals surface area contributed by atoms with Gasteiger partial charge in [-0.3, -0.25) is 9.69 Å². The van der Waals surface area contributed by atoms with Gasteiger partial charge < -0.3 is 14.8 Å². The number of benzene rings is 1. The summed E-state index contributed by atoms with van der Waals surface area (Å²) in [4.78, 5) is 14.8. The van der Waals surface area contributed by atoms with Crippen molar-refractivity contribution in [1.29, 1.82) is 0 Å². The zero-order chi connectivity index (χ0) is 18.2. The molecule has 1 aromatic carbocycles. The van der Waals surface area contributed by atoms with E-state index in [4.69, 9.17) is 9.47 Å². The number of fused-ring (bicyclic) bond motifs is 1. The van der Waals surface area contributed by atoms with Crippen LogP contribution in [0.5, 0.6) is 0 Å². The minimum atomic E-state index is -0.436. The molecule has 0 fully saturated rings. The standard InChI is InChI=1S/C20H32N2O3/c1-15(2)9-12-25-16(3)20(23)21-19-8-5-7-17-13-22(14-18(17)19)10-6-11-24-4/h5,7-8,15-16H,6,9-14H2,1-4H3,(H,21,23). The van der Waals surface area contributed by atoms with Gasteiger partial charge in [-0.15, -0.1) is 0 Å². The van der Waals surface area contributed by atoms with Crippen molar-refractivity contribution in [2.24, 2.45) is 5.92 Å². The average Bonchev–Trinajstić information content (AvgIpc) is 2.98. The predicted molar refractivity (Wildman–Crippen MR) is 101 cm³/mol. The number of amides is 1. The number of ether oxygens (including phenoxy) is 2. The topological polar surface area (TPSA) is 50.8 Å². The van der Waals surface area contributed by atoms with Gasteiger partial charge in [0.25, 0.3) is 5.91 Å². The summed E-state index contributed by atoms with van der Waals surface area (Å²) >= 11 is 0. The number of hydrogen-bond acceptors (Lipinski definition) is 4. The molecule has 0 saturated heterocycles. The Morgan fingerprint density at radius 2 is 2.04 bits per heavy atom. The van der Waals surface area contributed by atoms with Crippen LogP contribution in [0.25, 0.3) is 0 Å². The minimum Gasteiger partial charge on any atom is -0.385 e. The van der Waals surface area contributed by atoms with E-state index in [9.17, 15) is 4.79 Å². The fourth-order valence-electron chi connectivity index (χ4n) is 2.99. The highest BCUT2D eigenvalue weighted by Crippen LogP contribution is 2.29. The Morgan fingerprint density at radius 3 is 2.76 bits per heavy atom. The second-order valence-electron chi connectivity index (χ2n) is 7.19. The lowest BCUT2D eigenvalue weighted by Gasteiger charge is -2.16. The van der Waals surface area contributed by atoms with Crippen molar-refractivity contribution in [1.82, 2.24) is 4.90 Å². The highest BCUT2D eigenvalue weighted by molar-refractivity contribution is 5.94. The first-order valence-electron chi connectivity index (χ1n) is 9.25. The van der Waals surface area contributed by atoms with Gasteiger partial charge in [0.15, 0.2) is 0 Å². The van der Waals surface area contributed by atoms with E-state index in [1.165, 1.54) is 11.1 Å². The van der Waals surface area contributed by atoms with Gasteiger partial charge in [0.2, 0.25) is 0 Å². The van der Waals surface area contributed by atoms with Crippen molar-refractivity contribution in [3.8, 4) is 0 Å². The van der Waals surface area contributed by atoms with Gasteiger partial charge in [-0.25, -0.2) is 0 Å². The normalized spacial score (nSPS) is 15.4. The van der Waals surface area contributed by atoms with E-state index < -0.39 is 6.10 Å². The molecule has 25 heavy (non-hydrogen) atoms. The van der Waals surface area contributed by atoms with E-state index in [-0.39, 0.29) is 5.91 Å². The number of methoxy groups -OCH3 is 1. The van der Waals surface area contributed by atoms with Gasteiger partial charge in [0, 0.05) is 45.6 Å². The summed E-state index contributed by atoms with van der Waals surface area (Å²) in [5, 5.41) is 3.05. The number of rotatable bonds is 10. The van der Waals surface area contributed by atoms with Crippen molar-refractivity contribution in [2.45, 2.75) is 52.8 Å². The molecule has 1 amide bonds. The molecule has 1 unspecified atom stereocenters. The number of anilines is 1. The molecule has 1 aliphatic heterocycles. The Morgan fingerprint density at radius 1 is 1.24 bits per heavy atom. The fraction of sp³-hybridized carbons (Fsp3) is 0.650. The molecule has 1 aliphatic rings. The lowest BCUT2D eigenvalue weighted by Crippen LogP contribution is -2.28. The van der Waals surface area contributed by atoms with Crippen molar-refractivity contribution in [3.63, 3.8) is 0 Å². The number of carbonyl (C=O) groups is 1. The maximum Gasteiger partial charge on any atom is 0.253 e. The van der Waals surface area contributed by atoms with Gasteiger partial charge in [-0.2, -0.15) is 0 Å². The Bertz CT molecular complexity index is 560. The summed E-state index contributed by atoms with van der Waals surface area (Å²) in [5.41, 5.74) is 3.43. The second-order valence-corrected chi connectivity index (χ2v) is 7.19. The summed E-state index contributed by atoms with van der Waals surface area (Å²) in [5.74, 6) is 0.506. The van der Waals surface area contributed by atoms with Crippen molar-refractivity contribution in [2.75, 3.05) is 32.2 Å². The van der Waals surface area contributed by atoms with Crippen molar-refractivity contribution in [3.05, 3.63) is 29.3 Å². The van der Waals surface area contributed by atoms with Gasteiger partial charge in [0.1, 0.15) is 6.10 Å². The van der Waals surface area contributed by atoms with E-state index in [2.05, 4.69) is 30.1 Å². The molecule has 5 heteroatoms. The summed E-state index contributed by atoms with van der Waals surface area (Å²) in [6.45, 7) is 10.3. The Balaban J connectivity index is 1.89.